The molecule has 2 heterocycles. The number of carbonyl (C=O) groups excluding carboxylic acids is 1. The zero-order valence-corrected chi connectivity index (χ0v) is 11.5. The molecule has 0 spiro atoms. The van der Waals surface area contributed by atoms with Gasteiger partial charge < -0.3 is 4.42 Å². The van der Waals surface area contributed by atoms with Gasteiger partial charge in [0.15, 0.2) is 0 Å². The number of furan rings is 1. The molecule has 20 heavy (non-hydrogen) atoms. The van der Waals surface area contributed by atoms with Gasteiger partial charge in [-0.15, -0.1) is 0 Å². The molecule has 0 bridgehead atoms. The van der Waals surface area contributed by atoms with Crippen molar-refractivity contribution in [3.63, 3.8) is 0 Å². The summed E-state index contributed by atoms with van der Waals surface area (Å²) >= 11 is 0. The number of hydrogen-bond donors (Lipinski definition) is 0. The number of hydrazone groups is 1. The van der Waals surface area contributed by atoms with E-state index < -0.39 is 0 Å². The summed E-state index contributed by atoms with van der Waals surface area (Å²) in [6.45, 7) is 3.59. The molecular formula is C16H16N2O2. The first-order valence-corrected chi connectivity index (χ1v) is 6.63. The number of rotatable bonds is 2. The first kappa shape index (κ1) is 12.7. The summed E-state index contributed by atoms with van der Waals surface area (Å²) in [5, 5.41) is 5.96. The van der Waals surface area contributed by atoms with E-state index in [1.807, 2.05) is 19.1 Å². The lowest BCUT2D eigenvalue weighted by molar-refractivity contribution is -0.130. The Labute approximate surface area is 117 Å². The molecule has 1 aliphatic heterocycles. The molecule has 1 atom stereocenters. The van der Waals surface area contributed by atoms with Gasteiger partial charge in [0.2, 0.25) is 5.91 Å². The molecule has 4 nitrogen and oxygen atoms in total. The van der Waals surface area contributed by atoms with E-state index in [-0.39, 0.29) is 11.9 Å². The van der Waals surface area contributed by atoms with E-state index in [1.54, 1.807) is 11.3 Å². The Bertz CT molecular complexity index is 642. The third kappa shape index (κ3) is 2.25. The molecule has 0 unspecified atom stereocenters. The fraction of sp³-hybridized carbons (Fsp3) is 0.250. The first-order chi connectivity index (χ1) is 9.65. The van der Waals surface area contributed by atoms with Crippen LogP contribution < -0.4 is 0 Å². The molecule has 0 radical (unpaired) electrons. The number of hydrogen-bond acceptors (Lipinski definition) is 3. The lowest BCUT2D eigenvalue weighted by Crippen LogP contribution is -2.24. The van der Waals surface area contributed by atoms with Gasteiger partial charge in [0, 0.05) is 13.3 Å². The third-order valence-electron chi connectivity index (χ3n) is 3.50. The zero-order valence-electron chi connectivity index (χ0n) is 11.5. The smallest absolute Gasteiger partial charge is 0.240 e. The number of aryl methyl sites for hydroxylation is 1. The van der Waals surface area contributed by atoms with Gasteiger partial charge in [-0.05, 0) is 24.6 Å². The van der Waals surface area contributed by atoms with Crippen LogP contribution in [-0.2, 0) is 4.79 Å². The van der Waals surface area contributed by atoms with Gasteiger partial charge in [0.05, 0.1) is 12.3 Å². The molecule has 4 heteroatoms. The predicted molar refractivity (Wildman–Crippen MR) is 76.3 cm³/mol. The average Bonchev–Trinajstić information content (AvgIpc) is 3.08. The molecule has 0 saturated carbocycles. The molecule has 0 aliphatic carbocycles. The molecule has 0 saturated heterocycles. The molecule has 0 N–H and O–H groups in total. The maximum atomic E-state index is 11.8. The van der Waals surface area contributed by atoms with Crippen LogP contribution in [0, 0.1) is 6.92 Å². The van der Waals surface area contributed by atoms with Crippen molar-refractivity contribution < 1.29 is 9.21 Å². The molecular weight excluding hydrogens is 252 g/mol. The highest BCUT2D eigenvalue weighted by molar-refractivity contribution is 6.00. The molecule has 2 aromatic rings. The van der Waals surface area contributed by atoms with Crippen LogP contribution in [0.2, 0.25) is 0 Å². The van der Waals surface area contributed by atoms with Crippen LogP contribution >= 0.6 is 0 Å². The lowest BCUT2D eigenvalue weighted by atomic mass is 10.00. The van der Waals surface area contributed by atoms with Crippen LogP contribution in [-0.4, -0.2) is 16.6 Å². The number of nitrogens with zero attached hydrogens (tertiary/aromatic N) is 2. The Morgan fingerprint density at radius 1 is 1.30 bits per heavy atom. The van der Waals surface area contributed by atoms with E-state index in [9.17, 15) is 4.79 Å². The van der Waals surface area contributed by atoms with Gasteiger partial charge >= 0.3 is 0 Å². The summed E-state index contributed by atoms with van der Waals surface area (Å²) < 4.78 is 5.38. The van der Waals surface area contributed by atoms with Gasteiger partial charge in [-0.1, -0.05) is 29.8 Å². The molecule has 0 fully saturated rings. The van der Waals surface area contributed by atoms with Crippen molar-refractivity contribution in [3.8, 4) is 0 Å². The second-order valence-corrected chi connectivity index (χ2v) is 5.02. The highest BCUT2D eigenvalue weighted by Gasteiger charge is 2.32. The minimum Gasteiger partial charge on any atom is -0.463 e. The minimum atomic E-state index is -0.0582. The minimum absolute atomic E-state index is 0.0480. The fourth-order valence-corrected chi connectivity index (χ4v) is 2.44. The van der Waals surface area contributed by atoms with Crippen LogP contribution in [0.25, 0.3) is 0 Å². The van der Waals surface area contributed by atoms with Gasteiger partial charge in [-0.25, -0.2) is 5.01 Å². The number of amides is 1. The van der Waals surface area contributed by atoms with E-state index in [4.69, 9.17) is 4.42 Å². The van der Waals surface area contributed by atoms with Crippen molar-refractivity contribution in [3.05, 3.63) is 59.5 Å². The summed E-state index contributed by atoms with van der Waals surface area (Å²) in [5.74, 6) is 0.669. The van der Waals surface area contributed by atoms with Gasteiger partial charge in [0.1, 0.15) is 11.5 Å². The second-order valence-electron chi connectivity index (χ2n) is 5.02. The van der Waals surface area contributed by atoms with Gasteiger partial charge in [-0.3, -0.25) is 4.79 Å². The van der Waals surface area contributed by atoms with Crippen LogP contribution in [0.15, 0.2) is 52.2 Å². The van der Waals surface area contributed by atoms with Crippen LogP contribution in [0.3, 0.4) is 0 Å². The second kappa shape index (κ2) is 4.96. The Hall–Kier alpha value is -2.36. The SMILES string of the molecule is CC(=O)N1N=C(c2ccco2)C[C@H]1c1ccc(C)cc1. The molecule has 1 amide bonds. The molecule has 102 valence electrons. The highest BCUT2D eigenvalue weighted by Crippen LogP contribution is 2.32. The number of benzene rings is 1. The Kier molecular flexibility index (Phi) is 3.14. The maximum absolute atomic E-state index is 11.8. The summed E-state index contributed by atoms with van der Waals surface area (Å²) in [6, 6.07) is 11.9. The van der Waals surface area contributed by atoms with Gasteiger partial charge in [-0.2, -0.15) is 5.10 Å². The van der Waals surface area contributed by atoms with E-state index in [2.05, 4.69) is 29.4 Å². The van der Waals surface area contributed by atoms with Gasteiger partial charge in [0.25, 0.3) is 0 Å². The van der Waals surface area contributed by atoms with Crippen molar-refractivity contribution >= 4 is 11.6 Å². The Balaban J connectivity index is 1.93. The highest BCUT2D eigenvalue weighted by atomic mass is 16.3. The summed E-state index contributed by atoms with van der Waals surface area (Å²) in [7, 11) is 0. The van der Waals surface area contributed by atoms with Crippen molar-refractivity contribution in [1.29, 1.82) is 0 Å². The number of carbonyl (C=O) groups is 1. The fourth-order valence-electron chi connectivity index (χ4n) is 2.44. The van der Waals surface area contributed by atoms with Crippen LogP contribution in [0.4, 0.5) is 0 Å². The zero-order chi connectivity index (χ0) is 14.1. The predicted octanol–water partition coefficient (Wildman–Crippen LogP) is 3.29. The van der Waals surface area contributed by atoms with Crippen molar-refractivity contribution in [2.24, 2.45) is 5.10 Å². The van der Waals surface area contributed by atoms with Crippen molar-refractivity contribution in [1.82, 2.24) is 5.01 Å². The Morgan fingerprint density at radius 2 is 2.05 bits per heavy atom. The van der Waals surface area contributed by atoms with Crippen molar-refractivity contribution in [2.75, 3.05) is 0 Å². The van der Waals surface area contributed by atoms with Crippen LogP contribution in [0.5, 0.6) is 0 Å². The summed E-state index contributed by atoms with van der Waals surface area (Å²) in [4.78, 5) is 11.8. The lowest BCUT2D eigenvalue weighted by Gasteiger charge is -2.20. The molecule has 1 aliphatic rings. The monoisotopic (exact) mass is 268 g/mol. The summed E-state index contributed by atoms with van der Waals surface area (Å²) in [5.41, 5.74) is 3.11. The van der Waals surface area contributed by atoms with Crippen LogP contribution in [0.1, 0.15) is 36.3 Å². The quantitative estimate of drug-likeness (QED) is 0.839. The summed E-state index contributed by atoms with van der Waals surface area (Å²) in [6.07, 6.45) is 2.30. The molecule has 3 rings (SSSR count). The van der Waals surface area contributed by atoms with E-state index >= 15 is 0 Å². The van der Waals surface area contributed by atoms with E-state index in [0.717, 1.165) is 17.0 Å². The molecule has 1 aromatic heterocycles. The van der Waals surface area contributed by atoms with Crippen molar-refractivity contribution in [2.45, 2.75) is 26.3 Å². The molecule has 1 aromatic carbocycles. The average molecular weight is 268 g/mol. The Morgan fingerprint density at radius 3 is 2.65 bits per heavy atom. The maximum Gasteiger partial charge on any atom is 0.240 e. The normalized spacial score (nSPS) is 18.2. The standard InChI is InChI=1S/C16H16N2O2/c1-11-5-7-13(8-6-11)15-10-14(16-4-3-9-20-16)17-18(15)12(2)19/h3-9,15H,10H2,1-2H3/t15-/m0/s1. The van der Waals surface area contributed by atoms with E-state index in [0.29, 0.717) is 6.42 Å². The first-order valence-electron chi connectivity index (χ1n) is 6.63. The largest absolute Gasteiger partial charge is 0.463 e. The van der Waals surface area contributed by atoms with E-state index in [1.165, 1.54) is 12.5 Å². The third-order valence-corrected chi connectivity index (χ3v) is 3.50. The topological polar surface area (TPSA) is 45.8 Å².